The molecule has 0 spiro atoms. The summed E-state index contributed by atoms with van der Waals surface area (Å²) >= 11 is 9.49. The fourth-order valence-electron chi connectivity index (χ4n) is 2.87. The first-order valence-corrected chi connectivity index (χ1v) is 8.43. The topological polar surface area (TPSA) is 27.1 Å². The number of hydrogen-bond donors (Lipinski definition) is 0. The average molecular weight is 358 g/mol. The molecule has 1 saturated carbocycles. The lowest BCUT2D eigenvalue weighted by Crippen LogP contribution is -2.14. The monoisotopic (exact) mass is 356 g/mol. The zero-order valence-corrected chi connectivity index (χ0v) is 13.7. The number of imidazole rings is 1. The molecule has 0 saturated heterocycles. The molecule has 1 aromatic carbocycles. The second kappa shape index (κ2) is 6.46. The van der Waals surface area contributed by atoms with Gasteiger partial charge in [-0.2, -0.15) is 0 Å². The third-order valence-corrected chi connectivity index (χ3v) is 4.61. The molecule has 3 nitrogen and oxygen atoms in total. The second-order valence-electron chi connectivity index (χ2n) is 5.22. The summed E-state index contributed by atoms with van der Waals surface area (Å²) in [5.41, 5.74) is 2.11. The van der Waals surface area contributed by atoms with E-state index in [4.69, 9.17) is 16.3 Å². The number of rotatable bonds is 5. The van der Waals surface area contributed by atoms with Gasteiger partial charge >= 0.3 is 0 Å². The van der Waals surface area contributed by atoms with Crippen LogP contribution < -0.4 is 0 Å². The number of halogens is 2. The molecular weight excluding hydrogens is 340 g/mol. The molecule has 0 radical (unpaired) electrons. The summed E-state index contributed by atoms with van der Waals surface area (Å²) in [6, 6.07) is 6.15. The summed E-state index contributed by atoms with van der Waals surface area (Å²) in [7, 11) is 0. The van der Waals surface area contributed by atoms with Crippen molar-refractivity contribution in [2.75, 3.05) is 6.61 Å². The number of hydrogen-bond acceptors (Lipinski definition) is 2. The highest BCUT2D eigenvalue weighted by atomic mass is 79.9. The van der Waals surface area contributed by atoms with Crippen molar-refractivity contribution in [3.8, 4) is 0 Å². The van der Waals surface area contributed by atoms with E-state index in [1.54, 1.807) is 0 Å². The SMILES string of the molecule is ClCc1nc2cc(Br)ccc2n1CCOC1CCCC1. The smallest absolute Gasteiger partial charge is 0.124 e. The average Bonchev–Trinajstić information content (AvgIpc) is 3.06. The van der Waals surface area contributed by atoms with Crippen molar-refractivity contribution in [1.29, 1.82) is 0 Å². The van der Waals surface area contributed by atoms with Crippen molar-refractivity contribution in [1.82, 2.24) is 9.55 Å². The molecule has 1 aliphatic rings. The quantitative estimate of drug-likeness (QED) is 0.737. The van der Waals surface area contributed by atoms with E-state index < -0.39 is 0 Å². The maximum atomic E-state index is 6.01. The predicted molar refractivity (Wildman–Crippen MR) is 85.2 cm³/mol. The molecule has 0 unspecified atom stereocenters. The second-order valence-corrected chi connectivity index (χ2v) is 6.41. The van der Waals surface area contributed by atoms with Crippen LogP contribution in [0.5, 0.6) is 0 Å². The van der Waals surface area contributed by atoms with Crippen LogP contribution in [0.4, 0.5) is 0 Å². The molecule has 5 heteroatoms. The lowest BCUT2D eigenvalue weighted by Gasteiger charge is -2.13. The van der Waals surface area contributed by atoms with Crippen LogP contribution in [-0.2, 0) is 17.2 Å². The Bertz CT molecular complexity index is 593. The molecular formula is C15H18BrClN2O. The Labute approximate surface area is 132 Å². The van der Waals surface area contributed by atoms with Gasteiger partial charge in [-0.15, -0.1) is 11.6 Å². The number of benzene rings is 1. The maximum Gasteiger partial charge on any atom is 0.124 e. The van der Waals surface area contributed by atoms with Crippen LogP contribution in [0.3, 0.4) is 0 Å². The summed E-state index contributed by atoms with van der Waals surface area (Å²) < 4.78 is 9.16. The molecule has 1 aromatic heterocycles. The zero-order valence-electron chi connectivity index (χ0n) is 11.3. The molecule has 2 aromatic rings. The van der Waals surface area contributed by atoms with Gasteiger partial charge in [0.05, 0.1) is 29.6 Å². The van der Waals surface area contributed by atoms with Gasteiger partial charge in [-0.3, -0.25) is 0 Å². The molecule has 108 valence electrons. The van der Waals surface area contributed by atoms with E-state index in [2.05, 4.69) is 31.5 Å². The van der Waals surface area contributed by atoms with Gasteiger partial charge < -0.3 is 9.30 Å². The van der Waals surface area contributed by atoms with Crippen molar-refractivity contribution in [2.45, 2.75) is 44.2 Å². The van der Waals surface area contributed by atoms with Crippen LogP contribution in [0.25, 0.3) is 11.0 Å². The normalized spacial score (nSPS) is 16.3. The Morgan fingerprint density at radius 2 is 2.15 bits per heavy atom. The van der Waals surface area contributed by atoms with E-state index in [0.717, 1.165) is 34.5 Å². The number of nitrogens with zero attached hydrogens (tertiary/aromatic N) is 2. The molecule has 0 bridgehead atoms. The van der Waals surface area contributed by atoms with Gasteiger partial charge in [0.2, 0.25) is 0 Å². The van der Waals surface area contributed by atoms with E-state index in [0.29, 0.717) is 12.0 Å². The standard InChI is InChI=1S/C15H18BrClN2O/c16-11-5-6-14-13(9-11)18-15(10-17)19(14)7-8-20-12-3-1-2-4-12/h5-6,9,12H,1-4,7-8,10H2. The molecule has 0 aliphatic heterocycles. The van der Waals surface area contributed by atoms with Gasteiger partial charge in [-0.1, -0.05) is 28.8 Å². The van der Waals surface area contributed by atoms with Gasteiger partial charge in [-0.25, -0.2) is 4.98 Å². The molecule has 0 atom stereocenters. The van der Waals surface area contributed by atoms with Crippen molar-refractivity contribution in [3.63, 3.8) is 0 Å². The third kappa shape index (κ3) is 3.02. The third-order valence-electron chi connectivity index (χ3n) is 3.88. The van der Waals surface area contributed by atoms with Crippen LogP contribution in [0.15, 0.2) is 22.7 Å². The van der Waals surface area contributed by atoms with E-state index in [1.165, 1.54) is 25.7 Å². The minimum absolute atomic E-state index is 0.426. The molecule has 1 heterocycles. The van der Waals surface area contributed by atoms with E-state index in [9.17, 15) is 0 Å². The number of alkyl halides is 1. The first-order chi connectivity index (χ1) is 9.78. The van der Waals surface area contributed by atoms with Crippen molar-refractivity contribution < 1.29 is 4.74 Å². The number of fused-ring (bicyclic) bond motifs is 1. The predicted octanol–water partition coefficient (Wildman–Crippen LogP) is 4.50. The molecule has 1 fully saturated rings. The summed E-state index contributed by atoms with van der Waals surface area (Å²) in [6.45, 7) is 1.55. The van der Waals surface area contributed by atoms with Crippen molar-refractivity contribution >= 4 is 38.6 Å². The minimum Gasteiger partial charge on any atom is -0.376 e. The highest BCUT2D eigenvalue weighted by molar-refractivity contribution is 9.10. The fourth-order valence-corrected chi connectivity index (χ4v) is 3.42. The zero-order chi connectivity index (χ0) is 13.9. The fraction of sp³-hybridized carbons (Fsp3) is 0.533. The van der Waals surface area contributed by atoms with Gasteiger partial charge in [-0.05, 0) is 31.0 Å². The summed E-state index contributed by atoms with van der Waals surface area (Å²) in [4.78, 5) is 4.59. The first-order valence-electron chi connectivity index (χ1n) is 7.10. The molecule has 3 rings (SSSR count). The largest absolute Gasteiger partial charge is 0.376 e. The summed E-state index contributed by atoms with van der Waals surface area (Å²) in [5, 5.41) is 0. The lowest BCUT2D eigenvalue weighted by molar-refractivity contribution is 0.0532. The van der Waals surface area contributed by atoms with Crippen LogP contribution >= 0.6 is 27.5 Å². The highest BCUT2D eigenvalue weighted by Gasteiger charge is 2.16. The van der Waals surface area contributed by atoms with Crippen LogP contribution in [0, 0.1) is 0 Å². The van der Waals surface area contributed by atoms with Gasteiger partial charge in [0.25, 0.3) is 0 Å². The molecule has 1 aliphatic carbocycles. The highest BCUT2D eigenvalue weighted by Crippen LogP contribution is 2.23. The Balaban J connectivity index is 1.75. The maximum absolute atomic E-state index is 6.01. The van der Waals surface area contributed by atoms with Crippen LogP contribution in [-0.4, -0.2) is 22.3 Å². The van der Waals surface area contributed by atoms with Gasteiger partial charge in [0.1, 0.15) is 5.82 Å². The van der Waals surface area contributed by atoms with E-state index in [-0.39, 0.29) is 0 Å². The first kappa shape index (κ1) is 14.4. The van der Waals surface area contributed by atoms with Gasteiger partial charge in [0.15, 0.2) is 0 Å². The van der Waals surface area contributed by atoms with E-state index >= 15 is 0 Å². The lowest BCUT2D eigenvalue weighted by atomic mass is 10.3. The molecule has 0 N–H and O–H groups in total. The summed E-state index contributed by atoms with van der Waals surface area (Å²) in [5.74, 6) is 1.34. The molecule has 0 amide bonds. The van der Waals surface area contributed by atoms with Crippen LogP contribution in [0.2, 0.25) is 0 Å². The van der Waals surface area contributed by atoms with Crippen molar-refractivity contribution in [2.24, 2.45) is 0 Å². The Hall–Kier alpha value is -0.580. The van der Waals surface area contributed by atoms with Crippen molar-refractivity contribution in [3.05, 3.63) is 28.5 Å². The summed E-state index contributed by atoms with van der Waals surface area (Å²) in [6.07, 6.45) is 5.48. The minimum atomic E-state index is 0.426. The number of ether oxygens (including phenoxy) is 1. The van der Waals surface area contributed by atoms with Crippen LogP contribution in [0.1, 0.15) is 31.5 Å². The Morgan fingerprint density at radius 3 is 2.90 bits per heavy atom. The van der Waals surface area contributed by atoms with E-state index in [1.807, 2.05) is 12.1 Å². The Morgan fingerprint density at radius 1 is 1.35 bits per heavy atom. The Kier molecular flexibility index (Phi) is 4.64. The van der Waals surface area contributed by atoms with Gasteiger partial charge in [0, 0.05) is 11.0 Å². The molecule has 20 heavy (non-hydrogen) atoms. The number of aromatic nitrogens is 2.